The van der Waals surface area contributed by atoms with E-state index in [0.717, 1.165) is 24.5 Å². The first kappa shape index (κ1) is 14.6. The van der Waals surface area contributed by atoms with Gasteiger partial charge in [-0.15, -0.1) is 11.8 Å². The molecule has 1 aromatic carbocycles. The summed E-state index contributed by atoms with van der Waals surface area (Å²) in [6.07, 6.45) is 7.26. The number of rotatable bonds is 2. The first-order valence-corrected chi connectivity index (χ1v) is 9.58. The Balaban J connectivity index is 1.43. The molecule has 0 radical (unpaired) electrons. The number of amides is 1. The molecule has 1 saturated carbocycles. The minimum atomic E-state index is 0.0230. The first-order chi connectivity index (χ1) is 10.8. The molecule has 4 heteroatoms. The third-order valence-corrected chi connectivity index (χ3v) is 6.58. The number of hydrogen-bond acceptors (Lipinski definition) is 3. The standard InChI is InChI=1S/C18H24N2OS/c21-18(16-11-12-5-1-3-7-14(12)19-16)20-15-9-10-22-17-8-4-2-6-13(15)17/h2,4,6,8,12,14-16,19H,1,3,5,7,9-11H2,(H,20,21). The molecule has 118 valence electrons. The molecule has 1 aromatic rings. The predicted molar refractivity (Wildman–Crippen MR) is 90.0 cm³/mol. The van der Waals surface area contributed by atoms with Gasteiger partial charge in [0, 0.05) is 16.7 Å². The first-order valence-electron chi connectivity index (χ1n) is 8.59. The molecule has 4 unspecified atom stereocenters. The number of thioether (sulfide) groups is 1. The summed E-state index contributed by atoms with van der Waals surface area (Å²) in [6.45, 7) is 0. The van der Waals surface area contributed by atoms with Crippen molar-refractivity contribution >= 4 is 17.7 Å². The second-order valence-electron chi connectivity index (χ2n) is 6.84. The second-order valence-corrected chi connectivity index (χ2v) is 7.98. The van der Waals surface area contributed by atoms with Gasteiger partial charge in [-0.3, -0.25) is 4.79 Å². The van der Waals surface area contributed by atoms with Crippen LogP contribution in [0.2, 0.25) is 0 Å². The molecular formula is C18H24N2OS. The minimum Gasteiger partial charge on any atom is -0.348 e. The number of hydrogen-bond donors (Lipinski definition) is 2. The Bertz CT molecular complexity index is 548. The second kappa shape index (κ2) is 6.25. The van der Waals surface area contributed by atoms with Crippen molar-refractivity contribution in [3.63, 3.8) is 0 Å². The summed E-state index contributed by atoms with van der Waals surface area (Å²) in [7, 11) is 0. The third kappa shape index (κ3) is 2.79. The van der Waals surface area contributed by atoms with Crippen LogP contribution in [0, 0.1) is 5.92 Å². The largest absolute Gasteiger partial charge is 0.348 e. The van der Waals surface area contributed by atoms with Crippen LogP contribution < -0.4 is 10.6 Å². The van der Waals surface area contributed by atoms with Crippen LogP contribution in [0.25, 0.3) is 0 Å². The fourth-order valence-corrected chi connectivity index (χ4v) is 5.41. The van der Waals surface area contributed by atoms with Crippen molar-refractivity contribution in [2.75, 3.05) is 5.75 Å². The molecule has 2 aliphatic heterocycles. The Kier molecular flexibility index (Phi) is 4.14. The average Bonchev–Trinajstić information content (AvgIpc) is 2.99. The lowest BCUT2D eigenvalue weighted by Gasteiger charge is -2.27. The highest BCUT2D eigenvalue weighted by atomic mass is 32.2. The van der Waals surface area contributed by atoms with E-state index in [1.165, 1.54) is 36.1 Å². The quantitative estimate of drug-likeness (QED) is 0.880. The van der Waals surface area contributed by atoms with Crippen molar-refractivity contribution in [1.29, 1.82) is 0 Å². The molecule has 0 bridgehead atoms. The molecule has 2 fully saturated rings. The Hall–Kier alpha value is -1.00. The summed E-state index contributed by atoms with van der Waals surface area (Å²) in [6, 6.07) is 9.28. The van der Waals surface area contributed by atoms with Crippen LogP contribution >= 0.6 is 11.8 Å². The maximum atomic E-state index is 12.7. The molecule has 3 nitrogen and oxygen atoms in total. The minimum absolute atomic E-state index is 0.0230. The topological polar surface area (TPSA) is 41.1 Å². The van der Waals surface area contributed by atoms with Gasteiger partial charge in [0.25, 0.3) is 0 Å². The van der Waals surface area contributed by atoms with Crippen molar-refractivity contribution in [3.8, 4) is 0 Å². The van der Waals surface area contributed by atoms with Gasteiger partial charge in [0.1, 0.15) is 0 Å². The molecule has 1 aliphatic carbocycles. The van der Waals surface area contributed by atoms with Gasteiger partial charge in [-0.2, -0.15) is 0 Å². The fraction of sp³-hybridized carbons (Fsp3) is 0.611. The molecule has 1 saturated heterocycles. The number of carbonyl (C=O) groups excluding carboxylic acids is 1. The van der Waals surface area contributed by atoms with Gasteiger partial charge in [-0.05, 0) is 43.2 Å². The monoisotopic (exact) mass is 316 g/mol. The van der Waals surface area contributed by atoms with Gasteiger partial charge in [0.15, 0.2) is 0 Å². The predicted octanol–water partition coefficient (Wildman–Crippen LogP) is 3.26. The number of fused-ring (bicyclic) bond motifs is 2. The van der Waals surface area contributed by atoms with Crippen molar-refractivity contribution in [2.24, 2.45) is 5.92 Å². The summed E-state index contributed by atoms with van der Waals surface area (Å²) in [4.78, 5) is 14.0. The van der Waals surface area contributed by atoms with Crippen LogP contribution in [0.1, 0.15) is 50.1 Å². The Morgan fingerprint density at radius 2 is 2.05 bits per heavy atom. The molecule has 3 aliphatic rings. The summed E-state index contributed by atoms with van der Waals surface area (Å²) in [5.41, 5.74) is 1.29. The molecule has 0 aromatic heterocycles. The lowest BCUT2D eigenvalue weighted by molar-refractivity contribution is -0.123. The highest BCUT2D eigenvalue weighted by Crippen LogP contribution is 2.37. The van der Waals surface area contributed by atoms with Crippen LogP contribution in [-0.4, -0.2) is 23.7 Å². The third-order valence-electron chi connectivity index (χ3n) is 5.45. The van der Waals surface area contributed by atoms with Gasteiger partial charge in [-0.1, -0.05) is 31.0 Å². The Morgan fingerprint density at radius 3 is 2.95 bits per heavy atom. The Labute approximate surface area is 136 Å². The fourth-order valence-electron chi connectivity index (χ4n) is 4.29. The van der Waals surface area contributed by atoms with Gasteiger partial charge in [0.2, 0.25) is 5.91 Å². The van der Waals surface area contributed by atoms with Gasteiger partial charge in [0.05, 0.1) is 12.1 Å². The smallest absolute Gasteiger partial charge is 0.237 e. The lowest BCUT2D eigenvalue weighted by atomic mass is 9.85. The van der Waals surface area contributed by atoms with Crippen molar-refractivity contribution < 1.29 is 4.79 Å². The van der Waals surface area contributed by atoms with Crippen molar-refractivity contribution in [2.45, 2.75) is 61.5 Å². The summed E-state index contributed by atoms with van der Waals surface area (Å²) in [5, 5.41) is 6.90. The van der Waals surface area contributed by atoms with Crippen molar-refractivity contribution in [1.82, 2.24) is 10.6 Å². The van der Waals surface area contributed by atoms with E-state index in [1.54, 1.807) is 0 Å². The van der Waals surface area contributed by atoms with Crippen LogP contribution in [0.15, 0.2) is 29.2 Å². The van der Waals surface area contributed by atoms with Crippen LogP contribution in [-0.2, 0) is 4.79 Å². The SMILES string of the molecule is O=C(NC1CCSc2ccccc21)C1CC2CCCCC2N1. The van der Waals surface area contributed by atoms with E-state index in [9.17, 15) is 4.79 Å². The number of carbonyl (C=O) groups is 1. The molecule has 4 rings (SSSR count). The van der Waals surface area contributed by atoms with E-state index in [1.807, 2.05) is 11.8 Å². The van der Waals surface area contributed by atoms with E-state index in [0.29, 0.717) is 6.04 Å². The van der Waals surface area contributed by atoms with Gasteiger partial charge < -0.3 is 10.6 Å². The van der Waals surface area contributed by atoms with E-state index >= 15 is 0 Å². The molecule has 22 heavy (non-hydrogen) atoms. The van der Waals surface area contributed by atoms with E-state index in [-0.39, 0.29) is 18.0 Å². The lowest BCUT2D eigenvalue weighted by Crippen LogP contribution is -2.44. The van der Waals surface area contributed by atoms with Crippen LogP contribution in [0.3, 0.4) is 0 Å². The maximum Gasteiger partial charge on any atom is 0.237 e. The highest BCUT2D eigenvalue weighted by Gasteiger charge is 2.38. The number of nitrogens with one attached hydrogen (secondary N) is 2. The molecule has 4 atom stereocenters. The number of benzene rings is 1. The zero-order valence-electron chi connectivity index (χ0n) is 12.9. The molecule has 2 heterocycles. The van der Waals surface area contributed by atoms with Crippen LogP contribution in [0.4, 0.5) is 0 Å². The normalized spacial score (nSPS) is 33.8. The summed E-state index contributed by atoms with van der Waals surface area (Å²) < 4.78 is 0. The van der Waals surface area contributed by atoms with Gasteiger partial charge in [-0.25, -0.2) is 0 Å². The molecule has 0 spiro atoms. The zero-order valence-corrected chi connectivity index (χ0v) is 13.7. The van der Waals surface area contributed by atoms with E-state index in [2.05, 4.69) is 34.9 Å². The molecular weight excluding hydrogens is 292 g/mol. The summed E-state index contributed by atoms with van der Waals surface area (Å²) >= 11 is 1.90. The average molecular weight is 316 g/mol. The zero-order chi connectivity index (χ0) is 14.9. The van der Waals surface area contributed by atoms with E-state index in [4.69, 9.17) is 0 Å². The molecule has 1 amide bonds. The molecule has 2 N–H and O–H groups in total. The Morgan fingerprint density at radius 1 is 1.18 bits per heavy atom. The summed E-state index contributed by atoms with van der Waals surface area (Å²) in [5.74, 6) is 2.02. The van der Waals surface area contributed by atoms with Crippen LogP contribution in [0.5, 0.6) is 0 Å². The van der Waals surface area contributed by atoms with E-state index < -0.39 is 0 Å². The maximum absolute atomic E-state index is 12.7. The highest BCUT2D eigenvalue weighted by molar-refractivity contribution is 7.99. The van der Waals surface area contributed by atoms with Gasteiger partial charge >= 0.3 is 0 Å². The van der Waals surface area contributed by atoms with Crippen molar-refractivity contribution in [3.05, 3.63) is 29.8 Å².